The summed E-state index contributed by atoms with van der Waals surface area (Å²) in [6.07, 6.45) is 2.90. The Morgan fingerprint density at radius 3 is 2.55 bits per heavy atom. The van der Waals surface area contributed by atoms with Crippen LogP contribution < -0.4 is 10.6 Å². The number of carboxylic acids is 1. The largest absolute Gasteiger partial charge is 0.501 e. The molecule has 22 heavy (non-hydrogen) atoms. The molecule has 0 aliphatic carbocycles. The highest BCUT2D eigenvalue weighted by molar-refractivity contribution is 6.39. The van der Waals surface area contributed by atoms with Gasteiger partial charge < -0.3 is 14.8 Å². The number of nitrogens with one attached hydrogen (secondary N) is 1. The third-order valence-electron chi connectivity index (χ3n) is 3.29. The summed E-state index contributed by atoms with van der Waals surface area (Å²) in [5.74, 6) is -1.50. The van der Waals surface area contributed by atoms with Crippen molar-refractivity contribution in [2.45, 2.75) is 20.8 Å². The van der Waals surface area contributed by atoms with Gasteiger partial charge in [0.25, 0.3) is 5.78 Å². The Balaban J connectivity index is 2.85. The number of ether oxygens (including phenoxy) is 1. The smallest absolute Gasteiger partial charge is 0.377 e. The van der Waals surface area contributed by atoms with E-state index in [1.807, 2.05) is 0 Å². The maximum Gasteiger partial charge on any atom is 0.377 e. The molecule has 0 saturated heterocycles. The number of methoxy groups -OCH3 is 1. The van der Waals surface area contributed by atoms with E-state index in [1.54, 1.807) is 25.5 Å². The number of carbonyl (C=O) groups excluding carboxylic acids is 1. The minimum Gasteiger partial charge on any atom is -0.501 e. The number of carboxylic acid groups (broad SMARTS) is 1. The highest BCUT2D eigenvalue weighted by Gasteiger charge is 2.19. The summed E-state index contributed by atoms with van der Waals surface area (Å²) < 4.78 is 6.73. The van der Waals surface area contributed by atoms with E-state index in [4.69, 9.17) is 9.84 Å². The molecular weight excluding hydrogens is 288 g/mol. The predicted octanol–water partition coefficient (Wildman–Crippen LogP) is -0.367. The maximum absolute atomic E-state index is 11.8. The zero-order valence-corrected chi connectivity index (χ0v) is 12.7. The monoisotopic (exact) mass is 304 g/mol. The van der Waals surface area contributed by atoms with Crippen LogP contribution in [-0.2, 0) is 9.53 Å². The predicted molar refractivity (Wildman–Crippen MR) is 77.3 cm³/mol. The summed E-state index contributed by atoms with van der Waals surface area (Å²) in [6.45, 7) is 5.19. The summed E-state index contributed by atoms with van der Waals surface area (Å²) >= 11 is 0. The second kappa shape index (κ2) is 5.84. The molecule has 0 fully saturated rings. The third kappa shape index (κ3) is 2.62. The van der Waals surface area contributed by atoms with Crippen LogP contribution in [0.1, 0.15) is 30.0 Å². The lowest BCUT2D eigenvalue weighted by Gasteiger charge is -2.02. The molecule has 0 aliphatic rings. The molecule has 8 nitrogen and oxygen atoms in total. The quantitative estimate of drug-likeness (QED) is 0.589. The number of ketones is 1. The number of hydrogen-bond acceptors (Lipinski definition) is 5. The van der Waals surface area contributed by atoms with E-state index < -0.39 is 11.8 Å². The molecule has 2 heterocycles. The van der Waals surface area contributed by atoms with E-state index in [1.165, 1.54) is 19.6 Å². The first kappa shape index (κ1) is 15.5. The van der Waals surface area contributed by atoms with Crippen molar-refractivity contribution >= 4 is 23.2 Å². The fourth-order valence-corrected chi connectivity index (χ4v) is 2.09. The molecule has 116 valence electrons. The summed E-state index contributed by atoms with van der Waals surface area (Å²) in [7, 11) is 1.45. The average Bonchev–Trinajstić information content (AvgIpc) is 3.11. The van der Waals surface area contributed by atoms with Crippen LogP contribution in [0, 0.1) is 6.92 Å². The van der Waals surface area contributed by atoms with Gasteiger partial charge in [-0.05, 0) is 20.8 Å². The number of Topliss-reactive ketones (excluding diaryl/α,β-unsaturated/α-hetero) is 1. The Kier molecular flexibility index (Phi) is 4.11. The standard InChI is InChI=1S/C14H16N4O4/c1-7(18-6-16-9(3)17-18)12-11(8(2)22-4)10(5-15-12)13(19)14(20)21/h5-6,15H,1-4H3,(H,20,21)/b11-8+,12-7-. The van der Waals surface area contributed by atoms with Crippen molar-refractivity contribution in [3.63, 3.8) is 0 Å². The Hall–Kier alpha value is -2.90. The highest BCUT2D eigenvalue weighted by Crippen LogP contribution is 1.99. The van der Waals surface area contributed by atoms with E-state index >= 15 is 0 Å². The van der Waals surface area contributed by atoms with E-state index in [0.29, 0.717) is 27.8 Å². The normalized spacial score (nSPS) is 13.6. The van der Waals surface area contributed by atoms with Gasteiger partial charge in [-0.3, -0.25) is 4.79 Å². The highest BCUT2D eigenvalue weighted by atomic mass is 16.5. The van der Waals surface area contributed by atoms with E-state index in [9.17, 15) is 9.59 Å². The molecule has 0 aromatic carbocycles. The molecule has 0 atom stereocenters. The van der Waals surface area contributed by atoms with E-state index in [2.05, 4.69) is 15.1 Å². The Bertz CT molecular complexity index is 860. The van der Waals surface area contributed by atoms with Crippen LogP contribution in [0.3, 0.4) is 0 Å². The number of H-pyrrole nitrogens is 1. The van der Waals surface area contributed by atoms with Crippen LogP contribution in [-0.4, -0.2) is 43.7 Å². The van der Waals surface area contributed by atoms with E-state index in [0.717, 1.165) is 0 Å². The Morgan fingerprint density at radius 1 is 1.36 bits per heavy atom. The SMILES string of the molecule is CO/C(C)=c1\c(C(=O)C(=O)O)c[nH]\c1=C(\C)n1cnc(C)n1. The molecule has 0 spiro atoms. The lowest BCUT2D eigenvalue weighted by Crippen LogP contribution is -2.34. The lowest BCUT2D eigenvalue weighted by molar-refractivity contribution is -0.131. The lowest BCUT2D eigenvalue weighted by atomic mass is 10.1. The van der Waals surface area contributed by atoms with Gasteiger partial charge in [-0.1, -0.05) is 0 Å². The Labute approximate surface area is 125 Å². The molecule has 0 unspecified atom stereocenters. The van der Waals surface area contributed by atoms with Crippen molar-refractivity contribution in [1.29, 1.82) is 0 Å². The zero-order valence-electron chi connectivity index (χ0n) is 12.7. The second-order valence-corrected chi connectivity index (χ2v) is 4.67. The van der Waals surface area contributed by atoms with Gasteiger partial charge in [0.1, 0.15) is 17.9 Å². The third-order valence-corrected chi connectivity index (χ3v) is 3.29. The molecule has 8 heteroatoms. The summed E-state index contributed by atoms with van der Waals surface area (Å²) in [5.41, 5.74) is 0.703. The fourth-order valence-electron chi connectivity index (χ4n) is 2.09. The van der Waals surface area contributed by atoms with Gasteiger partial charge in [-0.2, -0.15) is 5.10 Å². The molecule has 2 rings (SSSR count). The average molecular weight is 304 g/mol. The molecule has 0 amide bonds. The van der Waals surface area contributed by atoms with Gasteiger partial charge in [0.15, 0.2) is 0 Å². The van der Waals surface area contributed by atoms with Gasteiger partial charge in [0.2, 0.25) is 0 Å². The first-order valence-corrected chi connectivity index (χ1v) is 6.46. The van der Waals surface area contributed by atoms with Gasteiger partial charge >= 0.3 is 5.97 Å². The van der Waals surface area contributed by atoms with Crippen molar-refractivity contribution in [1.82, 2.24) is 19.7 Å². The van der Waals surface area contributed by atoms with Crippen LogP contribution in [0.2, 0.25) is 0 Å². The zero-order chi connectivity index (χ0) is 16.4. The van der Waals surface area contributed by atoms with Crippen LogP contribution >= 0.6 is 0 Å². The van der Waals surface area contributed by atoms with Gasteiger partial charge in [-0.15, -0.1) is 0 Å². The number of aryl methyl sites for hydroxylation is 1. The minimum atomic E-state index is -1.52. The number of hydrogen-bond donors (Lipinski definition) is 2. The van der Waals surface area contributed by atoms with Crippen molar-refractivity contribution in [2.75, 3.05) is 7.11 Å². The van der Waals surface area contributed by atoms with Crippen LogP contribution in [0.5, 0.6) is 0 Å². The molecular formula is C14H16N4O4. The van der Waals surface area contributed by atoms with E-state index in [-0.39, 0.29) is 5.56 Å². The fraction of sp³-hybridized carbons (Fsp3) is 0.286. The van der Waals surface area contributed by atoms with Crippen LogP contribution in [0.4, 0.5) is 0 Å². The number of aromatic amines is 1. The number of nitrogens with zero attached hydrogens (tertiary/aromatic N) is 3. The molecule has 0 saturated carbocycles. The van der Waals surface area contributed by atoms with Crippen LogP contribution in [0.25, 0.3) is 11.5 Å². The summed E-state index contributed by atoms with van der Waals surface area (Å²) in [4.78, 5) is 29.8. The van der Waals surface area contributed by atoms with Crippen LogP contribution in [0.15, 0.2) is 12.5 Å². The number of aliphatic carboxylic acids is 1. The molecule has 0 aliphatic heterocycles. The van der Waals surface area contributed by atoms with Crippen molar-refractivity contribution in [3.8, 4) is 0 Å². The topological polar surface area (TPSA) is 110 Å². The molecule has 2 N–H and O–H groups in total. The van der Waals surface area contributed by atoms with Crippen molar-refractivity contribution < 1.29 is 19.4 Å². The van der Waals surface area contributed by atoms with Crippen molar-refractivity contribution in [3.05, 3.63) is 34.5 Å². The molecule has 2 aromatic heterocycles. The number of rotatable bonds is 4. The molecule has 0 radical (unpaired) electrons. The van der Waals surface area contributed by atoms with Gasteiger partial charge in [0, 0.05) is 6.20 Å². The minimum absolute atomic E-state index is 0.0398. The Morgan fingerprint density at radius 2 is 2.05 bits per heavy atom. The van der Waals surface area contributed by atoms with Gasteiger partial charge in [0.05, 0.1) is 28.9 Å². The second-order valence-electron chi connectivity index (χ2n) is 4.67. The number of aromatic nitrogens is 4. The first-order chi connectivity index (χ1) is 10.4. The summed E-state index contributed by atoms with van der Waals surface area (Å²) in [5, 5.41) is 14.1. The number of carbonyl (C=O) groups is 2. The maximum atomic E-state index is 11.8. The summed E-state index contributed by atoms with van der Waals surface area (Å²) in [6, 6.07) is 0. The molecule has 2 aromatic rings. The first-order valence-electron chi connectivity index (χ1n) is 6.46. The van der Waals surface area contributed by atoms with Gasteiger partial charge in [-0.25, -0.2) is 14.5 Å². The van der Waals surface area contributed by atoms with Crippen molar-refractivity contribution in [2.24, 2.45) is 0 Å². The molecule has 0 bridgehead atoms.